The minimum atomic E-state index is -0.150. The summed E-state index contributed by atoms with van der Waals surface area (Å²) >= 11 is 0. The molecule has 4 aromatic rings. The number of hydrogen-bond donors (Lipinski definition) is 1. The van der Waals surface area contributed by atoms with E-state index in [1.807, 2.05) is 67.6 Å². The van der Waals surface area contributed by atoms with Gasteiger partial charge in [-0.1, -0.05) is 30.3 Å². The third-order valence-electron chi connectivity index (χ3n) is 6.40. The van der Waals surface area contributed by atoms with E-state index < -0.39 is 0 Å². The first kappa shape index (κ1) is 20.4. The van der Waals surface area contributed by atoms with Crippen molar-refractivity contribution < 1.29 is 4.79 Å². The Morgan fingerprint density at radius 3 is 2.62 bits per heavy atom. The summed E-state index contributed by atoms with van der Waals surface area (Å²) in [6, 6.07) is 12.0. The molecule has 3 heterocycles. The quantitative estimate of drug-likeness (QED) is 0.499. The first-order chi connectivity index (χ1) is 15.4. The second-order valence-electron chi connectivity index (χ2n) is 8.80. The average molecular weight is 429 g/mol. The summed E-state index contributed by atoms with van der Waals surface area (Å²) in [6.45, 7) is 6.58. The predicted molar refractivity (Wildman–Crippen MR) is 124 cm³/mol. The van der Waals surface area contributed by atoms with E-state index in [0.717, 1.165) is 52.1 Å². The van der Waals surface area contributed by atoms with Crippen LogP contribution >= 0.6 is 0 Å². The van der Waals surface area contributed by atoms with Crippen LogP contribution in [0.3, 0.4) is 0 Å². The fourth-order valence-corrected chi connectivity index (χ4v) is 4.30. The molecule has 0 bridgehead atoms. The van der Waals surface area contributed by atoms with E-state index in [1.165, 1.54) is 0 Å². The lowest BCUT2D eigenvalue weighted by Crippen LogP contribution is -2.27. The molecule has 0 radical (unpaired) electrons. The number of carbonyl (C=O) groups excluding carboxylic acids is 1. The van der Waals surface area contributed by atoms with Gasteiger partial charge < -0.3 is 5.32 Å². The Labute approximate surface area is 187 Å². The molecule has 1 atom stereocenters. The Kier molecular flexibility index (Phi) is 5.04. The van der Waals surface area contributed by atoms with Gasteiger partial charge in [0.05, 0.1) is 35.4 Å². The number of rotatable bonds is 6. The Balaban J connectivity index is 1.54. The van der Waals surface area contributed by atoms with Crippen molar-refractivity contribution in [3.8, 4) is 0 Å². The van der Waals surface area contributed by atoms with Gasteiger partial charge in [0.2, 0.25) is 0 Å². The highest BCUT2D eigenvalue weighted by Crippen LogP contribution is 2.40. The third-order valence-corrected chi connectivity index (χ3v) is 6.40. The molecule has 7 nitrogen and oxygen atoms in total. The largest absolute Gasteiger partial charge is 0.345 e. The summed E-state index contributed by atoms with van der Waals surface area (Å²) < 4.78 is 3.75. The van der Waals surface area contributed by atoms with Gasteiger partial charge in [-0.05, 0) is 45.2 Å². The molecule has 1 fully saturated rings. The molecule has 0 unspecified atom stereocenters. The van der Waals surface area contributed by atoms with Gasteiger partial charge in [-0.3, -0.25) is 9.48 Å². The molecular weight excluding hydrogens is 400 g/mol. The van der Waals surface area contributed by atoms with E-state index in [1.54, 1.807) is 0 Å². The van der Waals surface area contributed by atoms with Gasteiger partial charge in [0.1, 0.15) is 0 Å². The molecule has 1 aromatic carbocycles. The molecule has 5 rings (SSSR count). The van der Waals surface area contributed by atoms with Crippen molar-refractivity contribution in [3.05, 3.63) is 76.4 Å². The highest BCUT2D eigenvalue weighted by atomic mass is 16.1. The highest BCUT2D eigenvalue weighted by molar-refractivity contribution is 6.06. The molecule has 1 aliphatic rings. The van der Waals surface area contributed by atoms with Crippen LogP contribution in [0.2, 0.25) is 0 Å². The number of aromatic nitrogens is 5. The maximum Gasteiger partial charge on any atom is 0.252 e. The van der Waals surface area contributed by atoms with Crippen LogP contribution in [0.1, 0.15) is 70.3 Å². The minimum Gasteiger partial charge on any atom is -0.345 e. The number of carbonyl (C=O) groups is 1. The molecule has 7 heteroatoms. The Bertz CT molecular complexity index is 1300. The Hall–Kier alpha value is -3.48. The fraction of sp³-hybridized carbons (Fsp3) is 0.360. The van der Waals surface area contributed by atoms with E-state index in [2.05, 4.69) is 22.5 Å². The molecule has 0 spiro atoms. The highest BCUT2D eigenvalue weighted by Gasteiger charge is 2.29. The van der Waals surface area contributed by atoms with Crippen molar-refractivity contribution in [3.63, 3.8) is 0 Å². The van der Waals surface area contributed by atoms with Gasteiger partial charge in [0.15, 0.2) is 5.65 Å². The zero-order chi connectivity index (χ0) is 22.4. The summed E-state index contributed by atoms with van der Waals surface area (Å²) in [7, 11) is 1.91. The van der Waals surface area contributed by atoms with Crippen LogP contribution in [0.15, 0.2) is 42.6 Å². The van der Waals surface area contributed by atoms with Crippen LogP contribution in [0, 0.1) is 13.8 Å². The van der Waals surface area contributed by atoms with Crippen molar-refractivity contribution in [2.45, 2.75) is 52.1 Å². The van der Waals surface area contributed by atoms with E-state index in [0.29, 0.717) is 18.0 Å². The summed E-state index contributed by atoms with van der Waals surface area (Å²) in [5.74, 6) is 0.335. The number of fused-ring (bicyclic) bond motifs is 1. The van der Waals surface area contributed by atoms with Crippen LogP contribution in [-0.2, 0) is 13.6 Å². The van der Waals surface area contributed by atoms with Crippen LogP contribution in [0.5, 0.6) is 0 Å². The number of nitrogens with one attached hydrogen (secondary N) is 1. The molecular formula is C25H28N6O. The van der Waals surface area contributed by atoms with Crippen LogP contribution in [0.4, 0.5) is 0 Å². The van der Waals surface area contributed by atoms with Gasteiger partial charge in [0, 0.05) is 29.9 Å². The third kappa shape index (κ3) is 3.68. The monoisotopic (exact) mass is 428 g/mol. The Morgan fingerprint density at radius 2 is 1.97 bits per heavy atom. The van der Waals surface area contributed by atoms with Crippen molar-refractivity contribution in [1.29, 1.82) is 0 Å². The molecule has 32 heavy (non-hydrogen) atoms. The zero-order valence-corrected chi connectivity index (χ0v) is 19.0. The number of amides is 1. The SMILES string of the molecule is Cc1nn(Cc2ccccc2)c2nc(C3CC3)cc(C(=O)N[C@H](C)c3cnn(C)c3C)c12. The van der Waals surface area contributed by atoms with E-state index in [4.69, 9.17) is 10.1 Å². The van der Waals surface area contributed by atoms with Gasteiger partial charge in [-0.15, -0.1) is 0 Å². The summed E-state index contributed by atoms with van der Waals surface area (Å²) in [4.78, 5) is 18.4. The lowest BCUT2D eigenvalue weighted by molar-refractivity contribution is 0.0941. The number of aryl methyl sites for hydroxylation is 2. The van der Waals surface area contributed by atoms with Crippen molar-refractivity contribution in [2.75, 3.05) is 0 Å². The number of hydrogen-bond acceptors (Lipinski definition) is 4. The standard InChI is InChI=1S/C25H28N6O/c1-15(21-13-26-30(4)17(21)3)27-25(32)20-12-22(19-10-11-19)28-24-23(20)16(2)29-31(24)14-18-8-6-5-7-9-18/h5-9,12-13,15,19H,10-11,14H2,1-4H3,(H,27,32)/t15-/m1/s1. The van der Waals surface area contributed by atoms with Crippen LogP contribution < -0.4 is 5.32 Å². The molecule has 1 amide bonds. The van der Waals surface area contributed by atoms with Gasteiger partial charge in [0.25, 0.3) is 5.91 Å². The molecule has 0 saturated heterocycles. The van der Waals surface area contributed by atoms with Crippen molar-refractivity contribution in [2.24, 2.45) is 7.05 Å². The van der Waals surface area contributed by atoms with Gasteiger partial charge in [-0.25, -0.2) is 9.67 Å². The lowest BCUT2D eigenvalue weighted by atomic mass is 10.1. The summed E-state index contributed by atoms with van der Waals surface area (Å²) in [6.07, 6.45) is 4.06. The summed E-state index contributed by atoms with van der Waals surface area (Å²) in [5, 5.41) is 13.1. The van der Waals surface area contributed by atoms with Crippen LogP contribution in [0.25, 0.3) is 11.0 Å². The first-order valence-corrected chi connectivity index (χ1v) is 11.1. The summed E-state index contributed by atoms with van der Waals surface area (Å²) in [5.41, 5.74) is 6.46. The Morgan fingerprint density at radius 1 is 1.22 bits per heavy atom. The molecule has 1 aliphatic carbocycles. The number of pyridine rings is 1. The van der Waals surface area contributed by atoms with E-state index in [-0.39, 0.29) is 11.9 Å². The molecule has 0 aliphatic heterocycles. The van der Waals surface area contributed by atoms with Crippen molar-refractivity contribution in [1.82, 2.24) is 29.9 Å². The zero-order valence-electron chi connectivity index (χ0n) is 19.0. The number of benzene rings is 1. The second kappa shape index (κ2) is 7.89. The van der Waals surface area contributed by atoms with E-state index >= 15 is 0 Å². The topological polar surface area (TPSA) is 77.6 Å². The molecule has 1 N–H and O–H groups in total. The average Bonchev–Trinajstić information content (AvgIpc) is 3.52. The molecule has 3 aromatic heterocycles. The van der Waals surface area contributed by atoms with Crippen LogP contribution in [-0.4, -0.2) is 30.5 Å². The molecule has 1 saturated carbocycles. The minimum absolute atomic E-state index is 0.0996. The maximum atomic E-state index is 13.5. The normalized spacial score (nSPS) is 14.6. The predicted octanol–water partition coefficient (Wildman–Crippen LogP) is 4.20. The first-order valence-electron chi connectivity index (χ1n) is 11.1. The second-order valence-corrected chi connectivity index (χ2v) is 8.80. The van der Waals surface area contributed by atoms with Crippen molar-refractivity contribution >= 4 is 16.9 Å². The van der Waals surface area contributed by atoms with Gasteiger partial charge >= 0.3 is 0 Å². The van der Waals surface area contributed by atoms with E-state index in [9.17, 15) is 4.79 Å². The molecule has 164 valence electrons. The fourth-order valence-electron chi connectivity index (χ4n) is 4.30. The lowest BCUT2D eigenvalue weighted by Gasteiger charge is -2.15. The van der Waals surface area contributed by atoms with Gasteiger partial charge in [-0.2, -0.15) is 10.2 Å². The smallest absolute Gasteiger partial charge is 0.252 e. The number of nitrogens with zero attached hydrogens (tertiary/aromatic N) is 5. The maximum absolute atomic E-state index is 13.5.